The van der Waals surface area contributed by atoms with Crippen molar-refractivity contribution in [2.24, 2.45) is 11.8 Å². The van der Waals surface area contributed by atoms with E-state index in [9.17, 15) is 0 Å². The first-order chi connectivity index (χ1) is 6.43. The second kappa shape index (κ2) is 2.73. The molecule has 0 heterocycles. The Balaban J connectivity index is 1.99. The average molecular weight is 170 g/mol. The molecule has 3 rings (SSSR count). The molecular formula is C13H14. The van der Waals surface area contributed by atoms with Gasteiger partial charge in [-0.15, -0.1) is 0 Å². The number of rotatable bonds is 1. The van der Waals surface area contributed by atoms with E-state index in [0.717, 1.165) is 11.8 Å². The van der Waals surface area contributed by atoms with Crippen LogP contribution in [0.15, 0.2) is 36.4 Å². The summed E-state index contributed by atoms with van der Waals surface area (Å²) in [5, 5.41) is 0. The van der Waals surface area contributed by atoms with Crippen LogP contribution in [0.2, 0.25) is 0 Å². The summed E-state index contributed by atoms with van der Waals surface area (Å²) in [4.78, 5) is 0. The van der Waals surface area contributed by atoms with Gasteiger partial charge in [-0.25, -0.2) is 0 Å². The van der Waals surface area contributed by atoms with Crippen molar-refractivity contribution in [3.63, 3.8) is 0 Å². The number of hydrogen-bond donors (Lipinski definition) is 0. The van der Waals surface area contributed by atoms with Crippen molar-refractivity contribution in [3.8, 4) is 0 Å². The minimum Gasteiger partial charge on any atom is -0.0773 e. The summed E-state index contributed by atoms with van der Waals surface area (Å²) in [6, 6.07) is 10.9. The molecule has 1 fully saturated rings. The van der Waals surface area contributed by atoms with Crippen LogP contribution in [0.5, 0.6) is 0 Å². The second-order valence-corrected chi connectivity index (χ2v) is 4.26. The Morgan fingerprint density at radius 3 is 2.46 bits per heavy atom. The molecule has 13 heavy (non-hydrogen) atoms. The molecule has 0 heteroatoms. The van der Waals surface area contributed by atoms with E-state index in [1.165, 1.54) is 24.8 Å². The van der Waals surface area contributed by atoms with E-state index in [4.69, 9.17) is 0 Å². The summed E-state index contributed by atoms with van der Waals surface area (Å²) in [5.74, 6) is 1.78. The average Bonchev–Trinajstić information content (AvgIpc) is 2.80. The zero-order valence-electron chi connectivity index (χ0n) is 7.74. The Hall–Kier alpha value is -1.04. The van der Waals surface area contributed by atoms with Crippen molar-refractivity contribution < 1.29 is 0 Å². The van der Waals surface area contributed by atoms with Gasteiger partial charge < -0.3 is 0 Å². The number of fused-ring (bicyclic) bond motifs is 2. The highest BCUT2D eigenvalue weighted by Gasteiger charge is 2.32. The van der Waals surface area contributed by atoms with E-state index in [1.54, 1.807) is 5.57 Å². The minimum absolute atomic E-state index is 0.882. The Bertz CT molecular complexity index is 334. The van der Waals surface area contributed by atoms with Crippen molar-refractivity contribution in [1.29, 1.82) is 0 Å². The first-order valence-electron chi connectivity index (χ1n) is 5.20. The summed E-state index contributed by atoms with van der Waals surface area (Å²) in [6.07, 6.45) is 6.78. The van der Waals surface area contributed by atoms with E-state index in [0.29, 0.717) is 0 Å². The summed E-state index contributed by atoms with van der Waals surface area (Å²) in [7, 11) is 0. The maximum atomic E-state index is 2.50. The zero-order valence-corrected chi connectivity index (χ0v) is 7.74. The monoisotopic (exact) mass is 170 g/mol. The lowest BCUT2D eigenvalue weighted by Gasteiger charge is -2.12. The lowest BCUT2D eigenvalue weighted by molar-refractivity contribution is 0.695. The fourth-order valence-electron chi connectivity index (χ4n) is 2.80. The summed E-state index contributed by atoms with van der Waals surface area (Å²) < 4.78 is 0. The molecule has 0 aromatic heterocycles. The summed E-state index contributed by atoms with van der Waals surface area (Å²) >= 11 is 0. The van der Waals surface area contributed by atoms with E-state index in [2.05, 4.69) is 36.4 Å². The van der Waals surface area contributed by atoms with Crippen LogP contribution >= 0.6 is 0 Å². The van der Waals surface area contributed by atoms with Crippen LogP contribution in [-0.4, -0.2) is 0 Å². The molecule has 2 aliphatic rings. The van der Waals surface area contributed by atoms with Gasteiger partial charge in [0.05, 0.1) is 0 Å². The first kappa shape index (κ1) is 7.37. The standard InChI is InChI=1S/C13H14/c1-2-4-11(5-3-1)13-9-10-6-7-12(13)8-10/h1-5,9-10,12H,6-8H2/t10?,12-/m0/s1. The van der Waals surface area contributed by atoms with Gasteiger partial charge in [-0.1, -0.05) is 36.4 Å². The molecule has 1 saturated carbocycles. The largest absolute Gasteiger partial charge is 0.0773 e. The van der Waals surface area contributed by atoms with Gasteiger partial charge in [0.2, 0.25) is 0 Å². The number of benzene rings is 1. The van der Waals surface area contributed by atoms with Gasteiger partial charge in [0.25, 0.3) is 0 Å². The van der Waals surface area contributed by atoms with Gasteiger partial charge in [-0.3, -0.25) is 0 Å². The highest BCUT2D eigenvalue weighted by Crippen LogP contribution is 2.47. The smallest absolute Gasteiger partial charge is 0.0153 e. The van der Waals surface area contributed by atoms with Crippen LogP contribution in [0.3, 0.4) is 0 Å². The molecule has 1 unspecified atom stereocenters. The number of allylic oxidation sites excluding steroid dienone is 2. The van der Waals surface area contributed by atoms with E-state index in [-0.39, 0.29) is 0 Å². The fourth-order valence-corrected chi connectivity index (χ4v) is 2.80. The Labute approximate surface area is 79.3 Å². The van der Waals surface area contributed by atoms with Crippen LogP contribution in [0.1, 0.15) is 24.8 Å². The Morgan fingerprint density at radius 1 is 1.00 bits per heavy atom. The molecular weight excluding hydrogens is 156 g/mol. The van der Waals surface area contributed by atoms with Crippen molar-refractivity contribution >= 4 is 5.57 Å². The third-order valence-corrected chi connectivity index (χ3v) is 3.44. The van der Waals surface area contributed by atoms with E-state index >= 15 is 0 Å². The SMILES string of the molecule is C1=C(c2ccccc2)[C@H]2CCC1C2. The summed E-state index contributed by atoms with van der Waals surface area (Å²) in [5.41, 5.74) is 3.08. The van der Waals surface area contributed by atoms with Crippen LogP contribution in [-0.2, 0) is 0 Å². The maximum Gasteiger partial charge on any atom is -0.0153 e. The van der Waals surface area contributed by atoms with Crippen LogP contribution < -0.4 is 0 Å². The predicted molar refractivity (Wildman–Crippen MR) is 55.3 cm³/mol. The number of hydrogen-bond acceptors (Lipinski definition) is 0. The van der Waals surface area contributed by atoms with Crippen molar-refractivity contribution in [1.82, 2.24) is 0 Å². The minimum atomic E-state index is 0.882. The van der Waals surface area contributed by atoms with Crippen molar-refractivity contribution in [3.05, 3.63) is 42.0 Å². The molecule has 0 N–H and O–H groups in total. The van der Waals surface area contributed by atoms with Gasteiger partial charge >= 0.3 is 0 Å². The van der Waals surface area contributed by atoms with Crippen molar-refractivity contribution in [2.45, 2.75) is 19.3 Å². The second-order valence-electron chi connectivity index (χ2n) is 4.26. The Morgan fingerprint density at radius 2 is 1.85 bits per heavy atom. The molecule has 0 saturated heterocycles. The third kappa shape index (κ3) is 1.13. The van der Waals surface area contributed by atoms with Gasteiger partial charge in [0, 0.05) is 0 Å². The van der Waals surface area contributed by atoms with Crippen molar-refractivity contribution in [2.75, 3.05) is 0 Å². The molecule has 2 bridgehead atoms. The quantitative estimate of drug-likeness (QED) is 0.605. The molecule has 0 spiro atoms. The molecule has 2 aliphatic carbocycles. The molecule has 0 radical (unpaired) electrons. The van der Waals surface area contributed by atoms with E-state index < -0.39 is 0 Å². The van der Waals surface area contributed by atoms with E-state index in [1.807, 2.05) is 0 Å². The lowest BCUT2D eigenvalue weighted by atomic mass is 9.92. The Kier molecular flexibility index (Phi) is 1.55. The fraction of sp³-hybridized carbons (Fsp3) is 0.385. The molecule has 1 aromatic carbocycles. The molecule has 0 nitrogen and oxygen atoms in total. The highest BCUT2D eigenvalue weighted by atomic mass is 14.4. The van der Waals surface area contributed by atoms with Gasteiger partial charge in [-0.2, -0.15) is 0 Å². The first-order valence-corrected chi connectivity index (χ1v) is 5.20. The molecule has 0 aliphatic heterocycles. The highest BCUT2D eigenvalue weighted by molar-refractivity contribution is 5.70. The maximum absolute atomic E-state index is 2.50. The van der Waals surface area contributed by atoms with Crippen LogP contribution in [0, 0.1) is 11.8 Å². The molecule has 0 amide bonds. The van der Waals surface area contributed by atoms with Crippen LogP contribution in [0.25, 0.3) is 5.57 Å². The van der Waals surface area contributed by atoms with Gasteiger partial charge in [0.1, 0.15) is 0 Å². The zero-order chi connectivity index (χ0) is 8.67. The van der Waals surface area contributed by atoms with Gasteiger partial charge in [0.15, 0.2) is 0 Å². The summed E-state index contributed by atoms with van der Waals surface area (Å²) in [6.45, 7) is 0. The van der Waals surface area contributed by atoms with Crippen LogP contribution in [0.4, 0.5) is 0 Å². The topological polar surface area (TPSA) is 0 Å². The molecule has 66 valence electrons. The predicted octanol–water partition coefficient (Wildman–Crippen LogP) is 3.50. The third-order valence-electron chi connectivity index (χ3n) is 3.44. The molecule has 1 aromatic rings. The lowest BCUT2D eigenvalue weighted by Crippen LogP contribution is -1.95. The van der Waals surface area contributed by atoms with Gasteiger partial charge in [-0.05, 0) is 42.2 Å². The normalized spacial score (nSPS) is 30.6. The molecule has 2 atom stereocenters.